The maximum atomic E-state index is 6.12. The van der Waals surface area contributed by atoms with Gasteiger partial charge in [-0.05, 0) is 29.6 Å². The van der Waals surface area contributed by atoms with Gasteiger partial charge in [-0.15, -0.1) is 11.3 Å². The molecule has 0 amide bonds. The lowest BCUT2D eigenvalue weighted by Gasteiger charge is -2.13. The van der Waals surface area contributed by atoms with Gasteiger partial charge in [0.05, 0.1) is 25.3 Å². The number of rotatable bonds is 4. The minimum atomic E-state index is 0.416. The predicted molar refractivity (Wildman–Crippen MR) is 104 cm³/mol. The molecule has 26 heavy (non-hydrogen) atoms. The van der Waals surface area contributed by atoms with Gasteiger partial charge in [0.1, 0.15) is 23.6 Å². The van der Waals surface area contributed by atoms with Gasteiger partial charge < -0.3 is 15.2 Å². The minimum absolute atomic E-state index is 0.416. The number of hydrogen-bond acceptors (Lipinski definition) is 7. The number of anilines is 1. The number of thiophene rings is 1. The van der Waals surface area contributed by atoms with Gasteiger partial charge in [-0.25, -0.2) is 15.0 Å². The van der Waals surface area contributed by atoms with E-state index in [1.54, 1.807) is 25.6 Å². The van der Waals surface area contributed by atoms with Crippen LogP contribution in [0.2, 0.25) is 0 Å². The summed E-state index contributed by atoms with van der Waals surface area (Å²) in [5, 5.41) is 2.78. The molecule has 0 saturated heterocycles. The summed E-state index contributed by atoms with van der Waals surface area (Å²) in [5.41, 5.74) is 9.23. The second-order valence-corrected chi connectivity index (χ2v) is 6.50. The quantitative estimate of drug-likeness (QED) is 0.589. The van der Waals surface area contributed by atoms with Crippen LogP contribution in [0.25, 0.3) is 32.7 Å². The van der Waals surface area contributed by atoms with Crippen LogP contribution >= 0.6 is 11.3 Å². The molecular weight excluding hydrogens is 348 g/mol. The highest BCUT2D eigenvalue weighted by Gasteiger charge is 2.16. The number of ether oxygens (including phenoxy) is 2. The highest BCUT2D eigenvalue weighted by Crippen LogP contribution is 2.38. The molecule has 7 heteroatoms. The highest BCUT2D eigenvalue weighted by atomic mass is 32.1. The third kappa shape index (κ3) is 2.72. The van der Waals surface area contributed by atoms with E-state index >= 15 is 0 Å². The Labute approximate surface area is 154 Å². The summed E-state index contributed by atoms with van der Waals surface area (Å²) in [6.07, 6.45) is 1.43. The van der Waals surface area contributed by atoms with Gasteiger partial charge in [0.25, 0.3) is 0 Å². The summed E-state index contributed by atoms with van der Waals surface area (Å²) in [4.78, 5) is 14.2. The van der Waals surface area contributed by atoms with Crippen molar-refractivity contribution in [2.45, 2.75) is 0 Å². The lowest BCUT2D eigenvalue weighted by Crippen LogP contribution is -1.99. The molecular formula is C19H16N4O2S. The zero-order valence-corrected chi connectivity index (χ0v) is 15.1. The number of hydrogen-bond donors (Lipinski definition) is 1. The summed E-state index contributed by atoms with van der Waals surface area (Å²) in [6.45, 7) is 0. The maximum absolute atomic E-state index is 6.12. The molecule has 4 aromatic rings. The predicted octanol–water partition coefficient (Wildman–Crippen LogP) is 4.02. The number of nitrogens with zero attached hydrogens (tertiary/aromatic N) is 3. The first-order chi connectivity index (χ1) is 12.7. The van der Waals surface area contributed by atoms with E-state index < -0.39 is 0 Å². The van der Waals surface area contributed by atoms with Gasteiger partial charge in [0.15, 0.2) is 5.65 Å². The normalized spacial score (nSPS) is 10.8. The van der Waals surface area contributed by atoms with Gasteiger partial charge >= 0.3 is 0 Å². The fourth-order valence-electron chi connectivity index (χ4n) is 2.86. The number of nitrogen functional groups attached to an aromatic ring is 1. The molecule has 0 aliphatic heterocycles. The molecule has 0 unspecified atom stereocenters. The number of fused-ring (bicyclic) bond motifs is 1. The molecule has 1 aromatic carbocycles. The zero-order valence-electron chi connectivity index (χ0n) is 14.3. The molecule has 130 valence electrons. The van der Waals surface area contributed by atoms with Crippen LogP contribution in [0.5, 0.6) is 11.5 Å². The Morgan fingerprint density at radius 3 is 2.62 bits per heavy atom. The van der Waals surface area contributed by atoms with Gasteiger partial charge in [-0.1, -0.05) is 6.07 Å². The Hall–Kier alpha value is -3.19. The average molecular weight is 364 g/mol. The second-order valence-electron chi connectivity index (χ2n) is 5.56. The van der Waals surface area contributed by atoms with E-state index in [1.165, 1.54) is 6.33 Å². The van der Waals surface area contributed by atoms with E-state index in [2.05, 4.69) is 9.97 Å². The zero-order chi connectivity index (χ0) is 18.1. The molecule has 0 saturated carbocycles. The second kappa shape index (κ2) is 6.61. The first kappa shape index (κ1) is 16.3. The smallest absolute Gasteiger partial charge is 0.165 e. The summed E-state index contributed by atoms with van der Waals surface area (Å²) in [7, 11) is 3.25. The summed E-state index contributed by atoms with van der Waals surface area (Å²) >= 11 is 1.63. The van der Waals surface area contributed by atoms with E-state index in [4.69, 9.17) is 20.2 Å². The van der Waals surface area contributed by atoms with Crippen molar-refractivity contribution in [3.63, 3.8) is 0 Å². The van der Waals surface area contributed by atoms with Crippen molar-refractivity contribution in [2.24, 2.45) is 0 Å². The standard InChI is InChI=1S/C19H16N4O2S/c1-24-11-5-6-12(15(8-11)25-2)14-9-13(16-4-3-7-26-16)17-18(20)21-10-22-19(17)23-14/h3-10H,1-2H3,(H2,20,21,22,23). The van der Waals surface area contributed by atoms with E-state index in [9.17, 15) is 0 Å². The molecule has 3 heterocycles. The SMILES string of the molecule is COc1ccc(-c2cc(-c3cccs3)c3c(N)ncnc3n2)c(OC)c1. The van der Waals surface area contributed by atoms with Crippen LogP contribution < -0.4 is 15.2 Å². The summed E-state index contributed by atoms with van der Waals surface area (Å²) in [6, 6.07) is 11.7. The molecule has 4 rings (SSSR count). The minimum Gasteiger partial charge on any atom is -0.497 e. The van der Waals surface area contributed by atoms with Crippen LogP contribution in [0.15, 0.2) is 48.1 Å². The Morgan fingerprint density at radius 2 is 1.88 bits per heavy atom. The molecule has 0 radical (unpaired) electrons. The monoisotopic (exact) mass is 364 g/mol. The van der Waals surface area contributed by atoms with Crippen molar-refractivity contribution in [2.75, 3.05) is 20.0 Å². The summed E-state index contributed by atoms with van der Waals surface area (Å²) < 4.78 is 10.8. The molecule has 0 aliphatic rings. The van der Waals surface area contributed by atoms with Crippen LogP contribution in [0.3, 0.4) is 0 Å². The third-order valence-electron chi connectivity index (χ3n) is 4.10. The van der Waals surface area contributed by atoms with E-state index in [1.807, 2.05) is 41.8 Å². The third-order valence-corrected chi connectivity index (χ3v) is 5.01. The largest absolute Gasteiger partial charge is 0.497 e. The van der Waals surface area contributed by atoms with Gasteiger partial charge in [0, 0.05) is 22.1 Å². The molecule has 6 nitrogen and oxygen atoms in total. The number of nitrogens with two attached hydrogens (primary N) is 1. The van der Waals surface area contributed by atoms with Gasteiger partial charge in [0.2, 0.25) is 0 Å². The first-order valence-corrected chi connectivity index (χ1v) is 8.76. The molecule has 0 atom stereocenters. The Kier molecular flexibility index (Phi) is 4.14. The maximum Gasteiger partial charge on any atom is 0.165 e. The van der Waals surface area contributed by atoms with Crippen LogP contribution in [0.1, 0.15) is 0 Å². The van der Waals surface area contributed by atoms with Gasteiger partial charge in [-0.3, -0.25) is 0 Å². The Bertz CT molecular complexity index is 1080. The van der Waals surface area contributed by atoms with Crippen molar-refractivity contribution >= 4 is 28.2 Å². The van der Waals surface area contributed by atoms with Crippen molar-refractivity contribution in [1.29, 1.82) is 0 Å². The topological polar surface area (TPSA) is 83.2 Å². The highest BCUT2D eigenvalue weighted by molar-refractivity contribution is 7.13. The number of pyridine rings is 1. The van der Waals surface area contributed by atoms with Crippen LogP contribution in [-0.4, -0.2) is 29.2 Å². The van der Waals surface area contributed by atoms with Gasteiger partial charge in [-0.2, -0.15) is 0 Å². The van der Waals surface area contributed by atoms with Crippen molar-refractivity contribution in [3.05, 3.63) is 48.1 Å². The van der Waals surface area contributed by atoms with E-state index in [0.29, 0.717) is 17.2 Å². The van der Waals surface area contributed by atoms with Crippen molar-refractivity contribution in [3.8, 4) is 33.2 Å². The molecule has 0 fully saturated rings. The van der Waals surface area contributed by atoms with Crippen molar-refractivity contribution < 1.29 is 9.47 Å². The van der Waals surface area contributed by atoms with Crippen LogP contribution in [0, 0.1) is 0 Å². The molecule has 3 aromatic heterocycles. The van der Waals surface area contributed by atoms with Crippen LogP contribution in [0.4, 0.5) is 5.82 Å². The lowest BCUT2D eigenvalue weighted by molar-refractivity contribution is 0.395. The fourth-order valence-corrected chi connectivity index (χ4v) is 3.61. The Morgan fingerprint density at radius 1 is 1.00 bits per heavy atom. The van der Waals surface area contributed by atoms with Crippen molar-refractivity contribution in [1.82, 2.24) is 15.0 Å². The number of aromatic nitrogens is 3. The Balaban J connectivity index is 2.01. The van der Waals surface area contributed by atoms with Crippen LogP contribution in [-0.2, 0) is 0 Å². The molecule has 0 bridgehead atoms. The fraction of sp³-hybridized carbons (Fsp3) is 0.105. The molecule has 0 aliphatic carbocycles. The number of methoxy groups -OCH3 is 2. The molecule has 2 N–H and O–H groups in total. The average Bonchev–Trinajstić information content (AvgIpc) is 3.21. The molecule has 0 spiro atoms. The summed E-state index contributed by atoms with van der Waals surface area (Å²) in [5.74, 6) is 1.81. The van der Waals surface area contributed by atoms with E-state index in [-0.39, 0.29) is 0 Å². The first-order valence-electron chi connectivity index (χ1n) is 7.88. The van der Waals surface area contributed by atoms with E-state index in [0.717, 1.165) is 32.8 Å². The lowest BCUT2D eigenvalue weighted by atomic mass is 10.0. The number of benzene rings is 1.